The number of carbonyl (C=O) groups excluding carboxylic acids is 1. The summed E-state index contributed by atoms with van der Waals surface area (Å²) < 4.78 is 13.2. The lowest BCUT2D eigenvalue weighted by molar-refractivity contribution is 0.102. The number of rotatable bonds is 4. The number of carbonyl (C=O) groups is 1. The molecule has 1 aromatic heterocycles. The van der Waals surface area contributed by atoms with E-state index in [1.807, 2.05) is 6.92 Å². The van der Waals surface area contributed by atoms with Crippen molar-refractivity contribution in [1.82, 2.24) is 4.98 Å². The van der Waals surface area contributed by atoms with E-state index in [0.29, 0.717) is 17.9 Å². The molecule has 2 rings (SSSR count). The molecule has 20 heavy (non-hydrogen) atoms. The van der Waals surface area contributed by atoms with Gasteiger partial charge in [-0.3, -0.25) is 4.79 Å². The molecule has 6 heteroatoms. The summed E-state index contributed by atoms with van der Waals surface area (Å²) in [4.78, 5) is 16.3. The Bertz CT molecular complexity index is 634. The van der Waals surface area contributed by atoms with Crippen molar-refractivity contribution < 1.29 is 9.18 Å². The second-order valence-corrected chi connectivity index (χ2v) is 4.42. The van der Waals surface area contributed by atoms with Gasteiger partial charge in [-0.1, -0.05) is 11.6 Å². The molecule has 1 amide bonds. The van der Waals surface area contributed by atoms with E-state index in [9.17, 15) is 9.18 Å². The quantitative estimate of drug-likeness (QED) is 0.906. The topological polar surface area (TPSA) is 54.0 Å². The average molecular weight is 294 g/mol. The van der Waals surface area contributed by atoms with E-state index in [1.54, 1.807) is 18.3 Å². The lowest BCUT2D eigenvalue weighted by Gasteiger charge is -2.11. The van der Waals surface area contributed by atoms with Gasteiger partial charge in [-0.15, -0.1) is 0 Å². The third-order valence-electron chi connectivity index (χ3n) is 2.57. The van der Waals surface area contributed by atoms with Gasteiger partial charge in [-0.05, 0) is 37.3 Å². The van der Waals surface area contributed by atoms with Gasteiger partial charge in [0, 0.05) is 12.7 Å². The van der Waals surface area contributed by atoms with Crippen LogP contribution in [0.5, 0.6) is 0 Å². The van der Waals surface area contributed by atoms with Gasteiger partial charge in [0.15, 0.2) is 0 Å². The highest BCUT2D eigenvalue weighted by molar-refractivity contribution is 6.34. The molecule has 0 saturated carbocycles. The van der Waals surface area contributed by atoms with Crippen molar-refractivity contribution in [3.05, 3.63) is 52.9 Å². The van der Waals surface area contributed by atoms with Crippen molar-refractivity contribution >= 4 is 29.0 Å². The number of nitrogens with zero attached hydrogens (tertiary/aromatic N) is 1. The van der Waals surface area contributed by atoms with Crippen LogP contribution in [0, 0.1) is 5.82 Å². The Hall–Kier alpha value is -2.14. The van der Waals surface area contributed by atoms with E-state index in [1.165, 1.54) is 18.2 Å². The van der Waals surface area contributed by atoms with Crippen molar-refractivity contribution in [2.75, 3.05) is 17.2 Å². The minimum atomic E-state index is -0.470. The van der Waals surface area contributed by atoms with Crippen molar-refractivity contribution in [2.24, 2.45) is 0 Å². The largest absolute Gasteiger partial charge is 0.370 e. The molecule has 0 radical (unpaired) electrons. The highest BCUT2D eigenvalue weighted by Crippen LogP contribution is 2.23. The molecule has 104 valence electrons. The fourth-order valence-corrected chi connectivity index (χ4v) is 1.84. The van der Waals surface area contributed by atoms with Gasteiger partial charge in [0.25, 0.3) is 5.91 Å². The number of anilines is 2. The fraction of sp³-hybridized carbons (Fsp3) is 0.143. The number of benzene rings is 1. The molecule has 2 N–H and O–H groups in total. The first-order chi connectivity index (χ1) is 9.61. The molecule has 0 aliphatic heterocycles. The molecular weight excluding hydrogens is 281 g/mol. The van der Waals surface area contributed by atoms with Gasteiger partial charge < -0.3 is 10.6 Å². The molecule has 0 atom stereocenters. The van der Waals surface area contributed by atoms with Crippen LogP contribution >= 0.6 is 11.6 Å². The molecular formula is C14H13ClFN3O. The van der Waals surface area contributed by atoms with Crippen LogP contribution in [-0.2, 0) is 0 Å². The van der Waals surface area contributed by atoms with Crippen molar-refractivity contribution in [1.29, 1.82) is 0 Å². The maximum atomic E-state index is 13.2. The minimum absolute atomic E-state index is 0.225. The Morgan fingerprint density at radius 3 is 2.95 bits per heavy atom. The van der Waals surface area contributed by atoms with Crippen LogP contribution in [0.2, 0.25) is 5.02 Å². The Labute approximate surface area is 121 Å². The molecule has 0 aliphatic rings. The summed E-state index contributed by atoms with van der Waals surface area (Å²) in [6.45, 7) is 2.54. The highest BCUT2D eigenvalue weighted by Gasteiger charge is 2.13. The average Bonchev–Trinajstić information content (AvgIpc) is 2.44. The number of nitrogens with one attached hydrogen (secondary N) is 2. The van der Waals surface area contributed by atoms with Gasteiger partial charge in [-0.25, -0.2) is 9.37 Å². The molecule has 2 aromatic rings. The molecule has 4 nitrogen and oxygen atoms in total. The number of amides is 1. The van der Waals surface area contributed by atoms with Crippen LogP contribution in [0.1, 0.15) is 17.3 Å². The Balaban J connectivity index is 2.26. The van der Waals surface area contributed by atoms with Gasteiger partial charge in [0.05, 0.1) is 16.3 Å². The van der Waals surface area contributed by atoms with E-state index in [-0.39, 0.29) is 10.7 Å². The van der Waals surface area contributed by atoms with Crippen LogP contribution in [0.4, 0.5) is 15.9 Å². The summed E-state index contributed by atoms with van der Waals surface area (Å²) in [6, 6.07) is 7.08. The standard InChI is InChI=1S/C14H13ClFN3O/c1-2-17-13-10(4-3-7-18-13)14(20)19-12-8-9(16)5-6-11(12)15/h3-8H,2H2,1H3,(H,17,18)(H,19,20). The second-order valence-electron chi connectivity index (χ2n) is 4.01. The predicted molar refractivity (Wildman–Crippen MR) is 77.8 cm³/mol. The van der Waals surface area contributed by atoms with E-state index in [0.717, 1.165) is 0 Å². The summed E-state index contributed by atoms with van der Waals surface area (Å²) in [5, 5.41) is 5.84. The first kappa shape index (κ1) is 14.3. The summed E-state index contributed by atoms with van der Waals surface area (Å²) in [6.07, 6.45) is 1.59. The third-order valence-corrected chi connectivity index (χ3v) is 2.90. The van der Waals surface area contributed by atoms with Crippen molar-refractivity contribution in [2.45, 2.75) is 6.92 Å². The van der Waals surface area contributed by atoms with Crippen LogP contribution in [0.3, 0.4) is 0 Å². The van der Waals surface area contributed by atoms with Gasteiger partial charge >= 0.3 is 0 Å². The zero-order valence-corrected chi connectivity index (χ0v) is 11.5. The Morgan fingerprint density at radius 2 is 2.20 bits per heavy atom. The van der Waals surface area contributed by atoms with Crippen LogP contribution < -0.4 is 10.6 Å². The molecule has 1 aromatic carbocycles. The van der Waals surface area contributed by atoms with E-state index in [2.05, 4.69) is 15.6 Å². The number of halogens is 2. The molecule has 0 fully saturated rings. The predicted octanol–water partition coefficient (Wildman–Crippen LogP) is 3.56. The maximum Gasteiger partial charge on any atom is 0.259 e. The highest BCUT2D eigenvalue weighted by atomic mass is 35.5. The normalized spacial score (nSPS) is 10.2. The Morgan fingerprint density at radius 1 is 1.40 bits per heavy atom. The summed E-state index contributed by atoms with van der Waals surface area (Å²) >= 11 is 5.92. The number of hydrogen-bond donors (Lipinski definition) is 2. The number of hydrogen-bond acceptors (Lipinski definition) is 3. The smallest absolute Gasteiger partial charge is 0.259 e. The molecule has 0 aliphatic carbocycles. The Kier molecular flexibility index (Phi) is 4.53. The van der Waals surface area contributed by atoms with Crippen LogP contribution in [0.25, 0.3) is 0 Å². The third kappa shape index (κ3) is 3.24. The second kappa shape index (κ2) is 6.34. The summed E-state index contributed by atoms with van der Waals surface area (Å²) in [7, 11) is 0. The monoisotopic (exact) mass is 293 g/mol. The zero-order valence-electron chi connectivity index (χ0n) is 10.8. The van der Waals surface area contributed by atoms with E-state index in [4.69, 9.17) is 11.6 Å². The van der Waals surface area contributed by atoms with Gasteiger partial charge in [-0.2, -0.15) is 0 Å². The van der Waals surface area contributed by atoms with Crippen LogP contribution in [0.15, 0.2) is 36.5 Å². The van der Waals surface area contributed by atoms with E-state index >= 15 is 0 Å². The van der Waals surface area contributed by atoms with Gasteiger partial charge in [0.1, 0.15) is 11.6 Å². The van der Waals surface area contributed by atoms with Crippen molar-refractivity contribution in [3.63, 3.8) is 0 Å². The zero-order chi connectivity index (χ0) is 14.5. The van der Waals surface area contributed by atoms with E-state index < -0.39 is 11.7 Å². The molecule has 0 unspecified atom stereocenters. The molecule has 0 spiro atoms. The first-order valence-corrected chi connectivity index (χ1v) is 6.45. The van der Waals surface area contributed by atoms with Crippen molar-refractivity contribution in [3.8, 4) is 0 Å². The van der Waals surface area contributed by atoms with Crippen LogP contribution in [-0.4, -0.2) is 17.4 Å². The lowest BCUT2D eigenvalue weighted by Crippen LogP contribution is -2.16. The number of pyridine rings is 1. The number of aromatic nitrogens is 1. The SMILES string of the molecule is CCNc1ncccc1C(=O)Nc1cc(F)ccc1Cl. The fourth-order valence-electron chi connectivity index (χ4n) is 1.68. The molecule has 1 heterocycles. The molecule has 0 bridgehead atoms. The molecule has 0 saturated heterocycles. The minimum Gasteiger partial charge on any atom is -0.370 e. The first-order valence-electron chi connectivity index (χ1n) is 6.07. The lowest BCUT2D eigenvalue weighted by atomic mass is 10.2. The maximum absolute atomic E-state index is 13.2. The summed E-state index contributed by atoms with van der Waals surface area (Å²) in [5.41, 5.74) is 0.595. The summed E-state index contributed by atoms with van der Waals surface area (Å²) in [5.74, 6) is -0.399. The van der Waals surface area contributed by atoms with Gasteiger partial charge in [0.2, 0.25) is 0 Å².